The fraction of sp³-hybridized carbons (Fsp3) is 0.647. The van der Waals surface area contributed by atoms with Gasteiger partial charge in [-0.05, 0) is 36.5 Å². The van der Waals surface area contributed by atoms with Crippen LogP contribution in [0.2, 0.25) is 0 Å². The van der Waals surface area contributed by atoms with E-state index in [1.54, 1.807) is 12.1 Å². The van der Waals surface area contributed by atoms with Crippen molar-refractivity contribution in [2.24, 2.45) is 5.92 Å². The van der Waals surface area contributed by atoms with Crippen molar-refractivity contribution in [3.63, 3.8) is 0 Å². The Labute approximate surface area is 160 Å². The number of nitrogens with zero attached hydrogens (tertiary/aromatic N) is 1. The van der Waals surface area contributed by atoms with Gasteiger partial charge in [0.1, 0.15) is 0 Å². The van der Waals surface area contributed by atoms with Crippen LogP contribution in [0.3, 0.4) is 0 Å². The van der Waals surface area contributed by atoms with Crippen molar-refractivity contribution in [2.45, 2.75) is 39.0 Å². The molecule has 3 rings (SSSR count). The van der Waals surface area contributed by atoms with Gasteiger partial charge in [-0.1, -0.05) is 19.9 Å². The van der Waals surface area contributed by atoms with Gasteiger partial charge >= 0.3 is 6.29 Å². The van der Waals surface area contributed by atoms with Crippen LogP contribution >= 0.6 is 24.8 Å². The Bertz CT molecular complexity index is 555. The molecule has 1 atom stereocenters. The van der Waals surface area contributed by atoms with Crippen molar-refractivity contribution in [2.75, 3.05) is 26.2 Å². The lowest BCUT2D eigenvalue weighted by Crippen LogP contribution is -2.45. The third-order valence-electron chi connectivity index (χ3n) is 4.42. The molecule has 0 amide bonds. The normalized spacial score (nSPS) is 19.9. The number of hydrogen-bond donors (Lipinski definition) is 1. The first-order chi connectivity index (χ1) is 10.9. The lowest BCUT2D eigenvalue weighted by atomic mass is 9.95. The average Bonchev–Trinajstić information content (AvgIpc) is 2.81. The van der Waals surface area contributed by atoms with E-state index in [1.165, 1.54) is 0 Å². The number of ether oxygens (including phenoxy) is 2. The third kappa shape index (κ3) is 5.58. The maximum Gasteiger partial charge on any atom is 0.586 e. The molecular formula is C17H26Cl2F2N2O2. The van der Waals surface area contributed by atoms with Gasteiger partial charge in [0.05, 0.1) is 0 Å². The van der Waals surface area contributed by atoms with E-state index in [0.717, 1.165) is 44.6 Å². The molecule has 0 bridgehead atoms. The molecule has 0 unspecified atom stereocenters. The van der Waals surface area contributed by atoms with Gasteiger partial charge < -0.3 is 14.8 Å². The zero-order chi connectivity index (χ0) is 16.4. The molecule has 1 fully saturated rings. The first-order valence-electron chi connectivity index (χ1n) is 8.29. The predicted molar refractivity (Wildman–Crippen MR) is 98.4 cm³/mol. The molecule has 1 aromatic rings. The predicted octanol–water partition coefficient (Wildman–Crippen LogP) is 4.23. The second-order valence-corrected chi connectivity index (χ2v) is 6.65. The molecular weight excluding hydrogens is 373 g/mol. The molecule has 1 aromatic carbocycles. The maximum atomic E-state index is 13.2. The molecule has 0 spiro atoms. The molecule has 0 aromatic heterocycles. The Hall–Kier alpha value is -0.820. The molecule has 2 heterocycles. The molecule has 0 saturated carbocycles. The number of hydrogen-bond acceptors (Lipinski definition) is 4. The molecule has 1 saturated heterocycles. The third-order valence-corrected chi connectivity index (χ3v) is 4.42. The minimum Gasteiger partial charge on any atom is -0.395 e. The number of fused-ring (bicyclic) bond motifs is 1. The second kappa shape index (κ2) is 9.21. The smallest absolute Gasteiger partial charge is 0.395 e. The maximum absolute atomic E-state index is 13.2. The number of rotatable bonds is 5. The van der Waals surface area contributed by atoms with E-state index in [4.69, 9.17) is 0 Å². The highest BCUT2D eigenvalue weighted by Gasteiger charge is 2.43. The molecule has 25 heavy (non-hydrogen) atoms. The number of halogens is 4. The van der Waals surface area contributed by atoms with E-state index in [0.29, 0.717) is 5.92 Å². The van der Waals surface area contributed by atoms with Crippen LogP contribution in [0.1, 0.15) is 38.3 Å². The van der Waals surface area contributed by atoms with E-state index in [9.17, 15) is 8.78 Å². The molecule has 0 radical (unpaired) electrons. The van der Waals surface area contributed by atoms with E-state index in [-0.39, 0.29) is 42.4 Å². The quantitative estimate of drug-likeness (QED) is 0.804. The van der Waals surface area contributed by atoms with Crippen LogP contribution in [0.15, 0.2) is 18.2 Å². The Morgan fingerprint density at radius 3 is 2.36 bits per heavy atom. The first-order valence-corrected chi connectivity index (χ1v) is 8.29. The highest BCUT2D eigenvalue weighted by Crippen LogP contribution is 2.43. The van der Waals surface area contributed by atoms with Crippen LogP contribution in [-0.4, -0.2) is 37.4 Å². The van der Waals surface area contributed by atoms with Gasteiger partial charge in [-0.2, -0.15) is 0 Å². The highest BCUT2D eigenvalue weighted by molar-refractivity contribution is 5.85. The number of nitrogens with one attached hydrogen (secondary N) is 1. The molecule has 4 nitrogen and oxygen atoms in total. The van der Waals surface area contributed by atoms with Crippen molar-refractivity contribution < 1.29 is 18.3 Å². The van der Waals surface area contributed by atoms with Crippen LogP contribution in [0.4, 0.5) is 8.78 Å². The summed E-state index contributed by atoms with van der Waals surface area (Å²) in [6.45, 7) is 8.26. The van der Waals surface area contributed by atoms with Crippen LogP contribution in [0.25, 0.3) is 0 Å². The molecule has 2 aliphatic rings. The van der Waals surface area contributed by atoms with Crippen molar-refractivity contribution in [3.8, 4) is 11.5 Å². The summed E-state index contributed by atoms with van der Waals surface area (Å²) in [5, 5.41) is 3.35. The van der Waals surface area contributed by atoms with Crippen molar-refractivity contribution >= 4 is 24.8 Å². The summed E-state index contributed by atoms with van der Waals surface area (Å²) in [6, 6.07) is 5.42. The molecule has 8 heteroatoms. The Kier molecular flexibility index (Phi) is 8.19. The van der Waals surface area contributed by atoms with E-state index in [1.807, 2.05) is 6.07 Å². The van der Waals surface area contributed by atoms with Crippen LogP contribution in [0.5, 0.6) is 11.5 Å². The molecule has 2 aliphatic heterocycles. The number of benzene rings is 1. The Morgan fingerprint density at radius 1 is 1.08 bits per heavy atom. The Balaban J connectivity index is 0.00000156. The van der Waals surface area contributed by atoms with Crippen LogP contribution < -0.4 is 14.8 Å². The van der Waals surface area contributed by atoms with Gasteiger partial charge in [0.25, 0.3) is 0 Å². The zero-order valence-corrected chi connectivity index (χ0v) is 16.1. The minimum atomic E-state index is -3.55. The van der Waals surface area contributed by atoms with E-state index in [2.05, 4.69) is 33.5 Å². The summed E-state index contributed by atoms with van der Waals surface area (Å²) in [7, 11) is 0. The van der Waals surface area contributed by atoms with Crippen molar-refractivity contribution in [3.05, 3.63) is 23.8 Å². The summed E-state index contributed by atoms with van der Waals surface area (Å²) < 4.78 is 35.5. The summed E-state index contributed by atoms with van der Waals surface area (Å²) in [5.74, 6) is 0.859. The summed E-state index contributed by atoms with van der Waals surface area (Å²) in [4.78, 5) is 2.43. The minimum absolute atomic E-state index is 0. The van der Waals surface area contributed by atoms with Gasteiger partial charge in [0.2, 0.25) is 0 Å². The Morgan fingerprint density at radius 2 is 1.72 bits per heavy atom. The van der Waals surface area contributed by atoms with E-state index < -0.39 is 6.29 Å². The topological polar surface area (TPSA) is 33.7 Å². The molecule has 144 valence electrons. The number of alkyl halides is 2. The van der Waals surface area contributed by atoms with Gasteiger partial charge in [0, 0.05) is 32.2 Å². The average molecular weight is 399 g/mol. The lowest BCUT2D eigenvalue weighted by Gasteiger charge is -2.35. The summed E-state index contributed by atoms with van der Waals surface area (Å²) in [6.07, 6.45) is -1.45. The van der Waals surface area contributed by atoms with Gasteiger partial charge in [-0.15, -0.1) is 33.6 Å². The second-order valence-electron chi connectivity index (χ2n) is 6.65. The SMILES string of the molecule is CC(C)CC[C@H](c1ccc2c(c1)OC(F)(F)O2)N1CCNCC1.Cl.Cl. The summed E-state index contributed by atoms with van der Waals surface area (Å²) >= 11 is 0. The van der Waals surface area contributed by atoms with E-state index >= 15 is 0 Å². The van der Waals surface area contributed by atoms with Crippen LogP contribution in [-0.2, 0) is 0 Å². The fourth-order valence-corrected chi connectivity index (χ4v) is 3.22. The van der Waals surface area contributed by atoms with Crippen molar-refractivity contribution in [1.29, 1.82) is 0 Å². The number of piperazine rings is 1. The van der Waals surface area contributed by atoms with Gasteiger partial charge in [-0.3, -0.25) is 4.90 Å². The fourth-order valence-electron chi connectivity index (χ4n) is 3.22. The standard InChI is InChI=1S/C17H24F2N2O2.2ClH/c1-12(2)3-5-14(21-9-7-20-8-10-21)13-4-6-15-16(11-13)23-17(18,19)22-15;;/h4,6,11-12,14,20H,3,5,7-10H2,1-2H3;2*1H/t14-;;/m1../s1. The monoisotopic (exact) mass is 398 g/mol. The van der Waals surface area contributed by atoms with Gasteiger partial charge in [0.15, 0.2) is 11.5 Å². The highest BCUT2D eigenvalue weighted by atomic mass is 35.5. The first kappa shape index (κ1) is 22.2. The zero-order valence-electron chi connectivity index (χ0n) is 14.5. The molecule has 1 N–H and O–H groups in total. The largest absolute Gasteiger partial charge is 0.586 e. The van der Waals surface area contributed by atoms with Crippen LogP contribution in [0, 0.1) is 5.92 Å². The van der Waals surface area contributed by atoms with Crippen molar-refractivity contribution in [1.82, 2.24) is 10.2 Å². The lowest BCUT2D eigenvalue weighted by molar-refractivity contribution is -0.286. The molecule has 0 aliphatic carbocycles. The summed E-state index contributed by atoms with van der Waals surface area (Å²) in [5.41, 5.74) is 1.02. The van der Waals surface area contributed by atoms with Gasteiger partial charge in [-0.25, -0.2) is 0 Å².